The van der Waals surface area contributed by atoms with Crippen molar-refractivity contribution >= 4 is 11.7 Å². The van der Waals surface area contributed by atoms with E-state index in [1.54, 1.807) is 6.92 Å². The van der Waals surface area contributed by atoms with Crippen LogP contribution in [0.1, 0.15) is 40.7 Å². The van der Waals surface area contributed by atoms with Crippen LogP contribution >= 0.6 is 0 Å². The third-order valence-electron chi connectivity index (χ3n) is 3.09. The molecule has 3 heteroatoms. The molecule has 0 aliphatic carbocycles. The minimum Gasteiger partial charge on any atom is -0.355 e. The molecule has 16 heavy (non-hydrogen) atoms. The Labute approximate surface area is 94.9 Å². The second-order valence-corrected chi connectivity index (χ2v) is 4.33. The van der Waals surface area contributed by atoms with Gasteiger partial charge < -0.3 is 5.32 Å². The molecule has 0 radical (unpaired) electrons. The first-order chi connectivity index (χ1) is 7.58. The molecule has 1 atom stereocenters. The van der Waals surface area contributed by atoms with Crippen molar-refractivity contribution in [2.45, 2.75) is 26.2 Å². The molecule has 1 amide bonds. The molecule has 1 N–H and O–H groups in total. The van der Waals surface area contributed by atoms with Crippen LogP contribution < -0.4 is 5.32 Å². The van der Waals surface area contributed by atoms with E-state index >= 15 is 0 Å². The van der Waals surface area contributed by atoms with Crippen LogP contribution in [0.3, 0.4) is 0 Å². The topological polar surface area (TPSA) is 46.2 Å². The molecule has 0 spiro atoms. The standard InChI is InChI=1S/C13H15NO2/c1-8-5-10(9(2)15)3-4-12(8)11-6-13(16)14-7-11/h3-5,11H,6-7H2,1-2H3,(H,14,16)/t11-/m1/s1. The van der Waals surface area contributed by atoms with Gasteiger partial charge in [-0.15, -0.1) is 0 Å². The van der Waals surface area contributed by atoms with Gasteiger partial charge in [-0.3, -0.25) is 9.59 Å². The summed E-state index contributed by atoms with van der Waals surface area (Å²) in [5.74, 6) is 0.448. The maximum atomic E-state index is 11.2. The van der Waals surface area contributed by atoms with Gasteiger partial charge in [0.25, 0.3) is 0 Å². The van der Waals surface area contributed by atoms with Gasteiger partial charge in [-0.1, -0.05) is 12.1 Å². The molecule has 1 aromatic carbocycles. The zero-order valence-corrected chi connectivity index (χ0v) is 9.54. The zero-order chi connectivity index (χ0) is 11.7. The smallest absolute Gasteiger partial charge is 0.220 e. The van der Waals surface area contributed by atoms with Crippen molar-refractivity contribution in [3.8, 4) is 0 Å². The Morgan fingerprint density at radius 1 is 1.44 bits per heavy atom. The molecule has 1 aromatic rings. The van der Waals surface area contributed by atoms with E-state index in [0.29, 0.717) is 13.0 Å². The summed E-state index contributed by atoms with van der Waals surface area (Å²) in [4.78, 5) is 22.4. The molecular weight excluding hydrogens is 202 g/mol. The fraction of sp³-hybridized carbons (Fsp3) is 0.385. The minimum atomic E-state index is 0.0790. The molecule has 1 saturated heterocycles. The number of nitrogens with one attached hydrogen (secondary N) is 1. The minimum absolute atomic E-state index is 0.0790. The zero-order valence-electron chi connectivity index (χ0n) is 9.54. The third kappa shape index (κ3) is 1.98. The van der Waals surface area contributed by atoms with Gasteiger partial charge in [0.2, 0.25) is 5.91 Å². The van der Waals surface area contributed by atoms with E-state index in [0.717, 1.165) is 11.1 Å². The highest BCUT2D eigenvalue weighted by atomic mass is 16.1. The Bertz CT molecular complexity index is 451. The maximum Gasteiger partial charge on any atom is 0.220 e. The fourth-order valence-electron chi connectivity index (χ4n) is 2.18. The Morgan fingerprint density at radius 2 is 2.19 bits per heavy atom. The van der Waals surface area contributed by atoms with Crippen LogP contribution in [0.15, 0.2) is 18.2 Å². The molecular formula is C13H15NO2. The van der Waals surface area contributed by atoms with Gasteiger partial charge in [0.15, 0.2) is 5.78 Å². The molecule has 0 saturated carbocycles. The highest BCUT2D eigenvalue weighted by Gasteiger charge is 2.24. The fourth-order valence-corrected chi connectivity index (χ4v) is 2.18. The second-order valence-electron chi connectivity index (χ2n) is 4.33. The molecule has 1 aliphatic rings. The lowest BCUT2D eigenvalue weighted by molar-refractivity contribution is -0.119. The Kier molecular flexibility index (Phi) is 2.77. The Hall–Kier alpha value is -1.64. The van der Waals surface area contributed by atoms with Gasteiger partial charge in [0.05, 0.1) is 0 Å². The number of rotatable bonds is 2. The lowest BCUT2D eigenvalue weighted by atomic mass is 9.92. The van der Waals surface area contributed by atoms with Crippen molar-refractivity contribution in [2.75, 3.05) is 6.54 Å². The maximum absolute atomic E-state index is 11.2. The Balaban J connectivity index is 2.29. The number of ketones is 1. The number of Topliss-reactive ketones (excluding diaryl/α,β-unsaturated/α-hetero) is 1. The van der Waals surface area contributed by atoms with E-state index in [1.165, 1.54) is 5.56 Å². The average molecular weight is 217 g/mol. The molecule has 1 fully saturated rings. The van der Waals surface area contributed by atoms with E-state index in [-0.39, 0.29) is 17.6 Å². The Morgan fingerprint density at radius 3 is 2.69 bits per heavy atom. The predicted molar refractivity (Wildman–Crippen MR) is 61.6 cm³/mol. The largest absolute Gasteiger partial charge is 0.355 e. The van der Waals surface area contributed by atoms with Gasteiger partial charge in [-0.25, -0.2) is 0 Å². The van der Waals surface area contributed by atoms with Crippen LogP contribution in [0.25, 0.3) is 0 Å². The molecule has 3 nitrogen and oxygen atoms in total. The van der Waals surface area contributed by atoms with E-state index in [2.05, 4.69) is 5.32 Å². The van der Waals surface area contributed by atoms with Crippen LogP contribution in [-0.2, 0) is 4.79 Å². The predicted octanol–water partition coefficient (Wildman–Crippen LogP) is 1.80. The van der Waals surface area contributed by atoms with Crippen molar-refractivity contribution in [1.82, 2.24) is 5.32 Å². The molecule has 1 aliphatic heterocycles. The van der Waals surface area contributed by atoms with Gasteiger partial charge in [-0.2, -0.15) is 0 Å². The van der Waals surface area contributed by atoms with Crippen LogP contribution in [0.5, 0.6) is 0 Å². The summed E-state index contributed by atoms with van der Waals surface area (Å²) in [6.07, 6.45) is 0.556. The van der Waals surface area contributed by atoms with E-state index in [4.69, 9.17) is 0 Å². The number of hydrogen-bond donors (Lipinski definition) is 1. The number of carbonyl (C=O) groups is 2. The number of carbonyl (C=O) groups excluding carboxylic acids is 2. The van der Waals surface area contributed by atoms with Crippen molar-refractivity contribution in [2.24, 2.45) is 0 Å². The highest BCUT2D eigenvalue weighted by molar-refractivity contribution is 5.94. The van der Waals surface area contributed by atoms with Crippen molar-refractivity contribution in [3.05, 3.63) is 34.9 Å². The SMILES string of the molecule is CC(=O)c1ccc([C@H]2CNC(=O)C2)c(C)c1. The molecule has 0 unspecified atom stereocenters. The summed E-state index contributed by atoms with van der Waals surface area (Å²) in [5, 5.41) is 2.83. The summed E-state index contributed by atoms with van der Waals surface area (Å²) in [5.41, 5.74) is 3.00. The summed E-state index contributed by atoms with van der Waals surface area (Å²) in [6, 6.07) is 5.71. The first-order valence-corrected chi connectivity index (χ1v) is 5.46. The van der Waals surface area contributed by atoms with Crippen molar-refractivity contribution < 1.29 is 9.59 Å². The van der Waals surface area contributed by atoms with Gasteiger partial charge in [-0.05, 0) is 31.0 Å². The van der Waals surface area contributed by atoms with Crippen LogP contribution in [0.2, 0.25) is 0 Å². The summed E-state index contributed by atoms with van der Waals surface area (Å²) >= 11 is 0. The lowest BCUT2D eigenvalue weighted by Gasteiger charge is -2.12. The lowest BCUT2D eigenvalue weighted by Crippen LogP contribution is -2.13. The van der Waals surface area contributed by atoms with E-state index < -0.39 is 0 Å². The number of aryl methyl sites for hydroxylation is 1. The quantitative estimate of drug-likeness (QED) is 0.768. The number of amides is 1. The van der Waals surface area contributed by atoms with Crippen LogP contribution in [0.4, 0.5) is 0 Å². The molecule has 2 rings (SSSR count). The van der Waals surface area contributed by atoms with Crippen LogP contribution in [0, 0.1) is 6.92 Å². The monoisotopic (exact) mass is 217 g/mol. The molecule has 1 heterocycles. The summed E-state index contributed by atoms with van der Waals surface area (Å²) < 4.78 is 0. The summed E-state index contributed by atoms with van der Waals surface area (Å²) in [6.45, 7) is 4.26. The summed E-state index contributed by atoms with van der Waals surface area (Å²) in [7, 11) is 0. The van der Waals surface area contributed by atoms with Gasteiger partial charge in [0.1, 0.15) is 0 Å². The highest BCUT2D eigenvalue weighted by Crippen LogP contribution is 2.26. The van der Waals surface area contributed by atoms with E-state index in [9.17, 15) is 9.59 Å². The van der Waals surface area contributed by atoms with Gasteiger partial charge in [0, 0.05) is 24.4 Å². The number of hydrogen-bond acceptors (Lipinski definition) is 2. The molecule has 0 aromatic heterocycles. The molecule has 84 valence electrons. The van der Waals surface area contributed by atoms with Crippen molar-refractivity contribution in [3.63, 3.8) is 0 Å². The van der Waals surface area contributed by atoms with Gasteiger partial charge >= 0.3 is 0 Å². The first-order valence-electron chi connectivity index (χ1n) is 5.46. The number of benzene rings is 1. The van der Waals surface area contributed by atoms with Crippen LogP contribution in [-0.4, -0.2) is 18.2 Å². The third-order valence-corrected chi connectivity index (χ3v) is 3.09. The molecule has 0 bridgehead atoms. The van der Waals surface area contributed by atoms with Crippen molar-refractivity contribution in [1.29, 1.82) is 0 Å². The van der Waals surface area contributed by atoms with E-state index in [1.807, 2.05) is 25.1 Å². The second kappa shape index (κ2) is 4.08. The average Bonchev–Trinajstić information content (AvgIpc) is 2.64. The first kappa shape index (κ1) is 10.9. The normalized spacial score (nSPS) is 19.6.